The molecule has 0 bridgehead atoms. The molecule has 0 aromatic carbocycles. The molecule has 0 aromatic rings. The molecule has 100 valence electrons. The van der Waals surface area contributed by atoms with Crippen LogP contribution in [0.5, 0.6) is 0 Å². The van der Waals surface area contributed by atoms with E-state index in [0.29, 0.717) is 11.5 Å². The molecule has 1 N–H and O–H groups in total. The molecule has 2 heteroatoms. The van der Waals surface area contributed by atoms with Crippen LogP contribution in [0.25, 0.3) is 0 Å². The van der Waals surface area contributed by atoms with Gasteiger partial charge in [0.25, 0.3) is 0 Å². The zero-order valence-corrected chi connectivity index (χ0v) is 11.6. The SMILES string of the molecule is CC1(C)CCCC(NCCC2CCCCO2)C1. The van der Waals surface area contributed by atoms with Crippen LogP contribution in [0.1, 0.15) is 65.2 Å². The second kappa shape index (κ2) is 6.19. The van der Waals surface area contributed by atoms with Gasteiger partial charge in [-0.25, -0.2) is 0 Å². The van der Waals surface area contributed by atoms with Crippen LogP contribution in [-0.2, 0) is 4.74 Å². The highest BCUT2D eigenvalue weighted by atomic mass is 16.5. The minimum Gasteiger partial charge on any atom is -0.378 e. The molecular weight excluding hydrogens is 210 g/mol. The zero-order chi connectivity index (χ0) is 12.1. The Labute approximate surface area is 107 Å². The largest absolute Gasteiger partial charge is 0.378 e. The van der Waals surface area contributed by atoms with E-state index < -0.39 is 0 Å². The maximum absolute atomic E-state index is 5.77. The maximum atomic E-state index is 5.77. The van der Waals surface area contributed by atoms with Crippen molar-refractivity contribution >= 4 is 0 Å². The normalized spacial score (nSPS) is 33.5. The Morgan fingerprint density at radius 2 is 2.06 bits per heavy atom. The first-order valence-electron chi connectivity index (χ1n) is 7.51. The molecule has 17 heavy (non-hydrogen) atoms. The van der Waals surface area contributed by atoms with E-state index in [1.807, 2.05) is 0 Å². The van der Waals surface area contributed by atoms with Crippen LogP contribution in [0.4, 0.5) is 0 Å². The summed E-state index contributed by atoms with van der Waals surface area (Å²) < 4.78 is 5.77. The number of ether oxygens (including phenoxy) is 1. The molecule has 1 aliphatic carbocycles. The fourth-order valence-electron chi connectivity index (χ4n) is 3.36. The molecule has 0 radical (unpaired) electrons. The molecule has 1 saturated carbocycles. The quantitative estimate of drug-likeness (QED) is 0.810. The topological polar surface area (TPSA) is 21.3 Å². The van der Waals surface area contributed by atoms with Crippen molar-refractivity contribution in [1.82, 2.24) is 5.32 Å². The average Bonchev–Trinajstić information content (AvgIpc) is 2.29. The van der Waals surface area contributed by atoms with Gasteiger partial charge in [0.1, 0.15) is 0 Å². The lowest BCUT2D eigenvalue weighted by molar-refractivity contribution is 0.0107. The highest BCUT2D eigenvalue weighted by molar-refractivity contribution is 4.83. The Kier molecular flexibility index (Phi) is 4.87. The number of hydrogen-bond donors (Lipinski definition) is 1. The van der Waals surface area contributed by atoms with E-state index in [1.54, 1.807) is 0 Å². The Bertz CT molecular complexity index is 221. The van der Waals surface area contributed by atoms with Crippen molar-refractivity contribution in [2.24, 2.45) is 5.41 Å². The van der Waals surface area contributed by atoms with E-state index in [2.05, 4.69) is 19.2 Å². The molecule has 0 aromatic heterocycles. The molecule has 2 fully saturated rings. The van der Waals surface area contributed by atoms with Crippen LogP contribution in [-0.4, -0.2) is 25.3 Å². The van der Waals surface area contributed by atoms with Crippen LogP contribution in [0, 0.1) is 5.41 Å². The maximum Gasteiger partial charge on any atom is 0.0587 e. The predicted molar refractivity (Wildman–Crippen MR) is 72.2 cm³/mol. The summed E-state index contributed by atoms with van der Waals surface area (Å²) in [4.78, 5) is 0. The van der Waals surface area contributed by atoms with Crippen molar-refractivity contribution in [3.63, 3.8) is 0 Å². The van der Waals surface area contributed by atoms with Crippen molar-refractivity contribution in [3.8, 4) is 0 Å². The summed E-state index contributed by atoms with van der Waals surface area (Å²) in [6.45, 7) is 6.95. The zero-order valence-electron chi connectivity index (χ0n) is 11.6. The fraction of sp³-hybridized carbons (Fsp3) is 1.00. The third-order valence-electron chi connectivity index (χ3n) is 4.38. The first-order chi connectivity index (χ1) is 8.16. The van der Waals surface area contributed by atoms with Crippen molar-refractivity contribution in [1.29, 1.82) is 0 Å². The van der Waals surface area contributed by atoms with Crippen molar-refractivity contribution in [3.05, 3.63) is 0 Å². The molecule has 2 aliphatic rings. The smallest absolute Gasteiger partial charge is 0.0587 e. The third kappa shape index (κ3) is 4.59. The first kappa shape index (κ1) is 13.4. The van der Waals surface area contributed by atoms with Crippen LogP contribution < -0.4 is 5.32 Å². The first-order valence-corrected chi connectivity index (χ1v) is 7.51. The molecule has 0 spiro atoms. The summed E-state index contributed by atoms with van der Waals surface area (Å²) in [6, 6.07) is 0.752. The van der Waals surface area contributed by atoms with Crippen LogP contribution in [0.15, 0.2) is 0 Å². The predicted octanol–water partition coefficient (Wildman–Crippen LogP) is 3.50. The van der Waals surface area contributed by atoms with E-state index in [1.165, 1.54) is 51.4 Å². The lowest BCUT2D eigenvalue weighted by Crippen LogP contribution is -2.38. The molecule has 1 aliphatic heterocycles. The van der Waals surface area contributed by atoms with E-state index in [4.69, 9.17) is 4.74 Å². The average molecular weight is 239 g/mol. The van der Waals surface area contributed by atoms with Gasteiger partial charge in [-0.1, -0.05) is 20.3 Å². The summed E-state index contributed by atoms with van der Waals surface area (Å²) in [7, 11) is 0. The van der Waals surface area contributed by atoms with Gasteiger partial charge < -0.3 is 10.1 Å². The number of nitrogens with one attached hydrogen (secondary N) is 1. The highest BCUT2D eigenvalue weighted by Crippen LogP contribution is 2.35. The second-order valence-electron chi connectivity index (χ2n) is 6.69. The van der Waals surface area contributed by atoms with Gasteiger partial charge in [-0.15, -0.1) is 0 Å². The summed E-state index contributed by atoms with van der Waals surface area (Å²) in [5.74, 6) is 0. The molecule has 2 unspecified atom stereocenters. The van der Waals surface area contributed by atoms with Gasteiger partial charge in [-0.05, 0) is 56.9 Å². The van der Waals surface area contributed by atoms with E-state index >= 15 is 0 Å². The fourth-order valence-corrected chi connectivity index (χ4v) is 3.36. The standard InChI is InChI=1S/C15H29NO/c1-15(2)9-5-6-13(12-15)16-10-8-14-7-3-4-11-17-14/h13-14,16H,3-12H2,1-2H3. The van der Waals surface area contributed by atoms with E-state index in [-0.39, 0.29) is 0 Å². The number of rotatable bonds is 4. The lowest BCUT2D eigenvalue weighted by atomic mass is 9.75. The van der Waals surface area contributed by atoms with Gasteiger partial charge in [0.05, 0.1) is 6.10 Å². The van der Waals surface area contributed by atoms with Crippen LogP contribution in [0.2, 0.25) is 0 Å². The summed E-state index contributed by atoms with van der Waals surface area (Å²) in [5.41, 5.74) is 0.553. The highest BCUT2D eigenvalue weighted by Gasteiger charge is 2.27. The second-order valence-corrected chi connectivity index (χ2v) is 6.69. The van der Waals surface area contributed by atoms with Crippen LogP contribution in [0.3, 0.4) is 0 Å². The Morgan fingerprint density at radius 1 is 1.18 bits per heavy atom. The van der Waals surface area contributed by atoms with Crippen molar-refractivity contribution in [2.75, 3.05) is 13.2 Å². The van der Waals surface area contributed by atoms with Crippen LogP contribution >= 0.6 is 0 Å². The lowest BCUT2D eigenvalue weighted by Gasteiger charge is -2.36. The molecule has 2 rings (SSSR count). The van der Waals surface area contributed by atoms with E-state index in [0.717, 1.165) is 19.2 Å². The van der Waals surface area contributed by atoms with Gasteiger partial charge in [0.15, 0.2) is 0 Å². The molecule has 0 amide bonds. The van der Waals surface area contributed by atoms with Crippen molar-refractivity contribution < 1.29 is 4.74 Å². The van der Waals surface area contributed by atoms with Gasteiger partial charge in [-0.2, -0.15) is 0 Å². The Hall–Kier alpha value is -0.0800. The monoisotopic (exact) mass is 239 g/mol. The molecular formula is C15H29NO. The Balaban J connectivity index is 1.61. The molecule has 2 atom stereocenters. The van der Waals surface area contributed by atoms with Gasteiger partial charge in [0.2, 0.25) is 0 Å². The minimum absolute atomic E-state index is 0.535. The molecule has 1 saturated heterocycles. The van der Waals surface area contributed by atoms with E-state index in [9.17, 15) is 0 Å². The van der Waals surface area contributed by atoms with Gasteiger partial charge in [0, 0.05) is 12.6 Å². The summed E-state index contributed by atoms with van der Waals surface area (Å²) in [5, 5.41) is 3.74. The number of hydrogen-bond acceptors (Lipinski definition) is 2. The summed E-state index contributed by atoms with van der Waals surface area (Å²) in [6.07, 6.45) is 11.2. The molecule has 2 nitrogen and oxygen atoms in total. The minimum atomic E-state index is 0.535. The Morgan fingerprint density at radius 3 is 2.76 bits per heavy atom. The van der Waals surface area contributed by atoms with Gasteiger partial charge >= 0.3 is 0 Å². The van der Waals surface area contributed by atoms with Crippen molar-refractivity contribution in [2.45, 2.75) is 77.4 Å². The summed E-state index contributed by atoms with van der Waals surface area (Å²) >= 11 is 0. The van der Waals surface area contributed by atoms with Gasteiger partial charge in [-0.3, -0.25) is 0 Å². The third-order valence-corrected chi connectivity index (χ3v) is 4.38. The molecule has 1 heterocycles.